The molecule has 2 rings (SSSR count). The van der Waals surface area contributed by atoms with E-state index in [-0.39, 0.29) is 0 Å². The number of likely N-dealkylation sites (tertiary alicyclic amines) is 2. The van der Waals surface area contributed by atoms with Crippen molar-refractivity contribution in [3.8, 4) is 0 Å². The highest BCUT2D eigenvalue weighted by Gasteiger charge is 2.30. The fourth-order valence-electron chi connectivity index (χ4n) is 4.42. The van der Waals surface area contributed by atoms with Crippen molar-refractivity contribution in [3.05, 3.63) is 0 Å². The molecule has 2 heterocycles. The van der Waals surface area contributed by atoms with E-state index in [4.69, 9.17) is 0 Å². The Morgan fingerprint density at radius 3 is 2.33 bits per heavy atom. The largest absolute Gasteiger partial charge is 0.301 e. The van der Waals surface area contributed by atoms with Gasteiger partial charge in [-0.1, -0.05) is 13.8 Å². The van der Waals surface area contributed by atoms with E-state index < -0.39 is 0 Å². The average molecular weight is 295 g/mol. The van der Waals surface area contributed by atoms with Crippen molar-refractivity contribution in [2.24, 2.45) is 11.3 Å². The molecule has 0 spiro atoms. The number of hydrogen-bond donors (Lipinski definition) is 0. The van der Waals surface area contributed by atoms with Gasteiger partial charge in [0, 0.05) is 18.6 Å². The molecule has 0 aromatic rings. The molecule has 0 N–H and O–H groups in total. The second-order valence-electron chi connectivity index (χ2n) is 8.75. The first kappa shape index (κ1) is 17.3. The quantitative estimate of drug-likeness (QED) is 0.758. The average Bonchev–Trinajstić information content (AvgIpc) is 2.63. The van der Waals surface area contributed by atoms with Gasteiger partial charge in [-0.2, -0.15) is 0 Å². The van der Waals surface area contributed by atoms with Crippen molar-refractivity contribution in [2.45, 2.75) is 85.2 Å². The second kappa shape index (κ2) is 7.46. The first-order valence-electron chi connectivity index (χ1n) is 9.35. The van der Waals surface area contributed by atoms with Crippen LogP contribution in [-0.4, -0.2) is 48.1 Å². The SMILES string of the molecule is CC(C)N1CCCC(CC(C)N2CCCC(C)(C)C2)CC1. The molecular formula is C19H38N2. The Labute approximate surface area is 133 Å². The maximum Gasteiger partial charge on any atom is 0.00698 e. The van der Waals surface area contributed by atoms with Crippen LogP contribution in [0, 0.1) is 11.3 Å². The fourth-order valence-corrected chi connectivity index (χ4v) is 4.42. The Morgan fingerprint density at radius 2 is 1.67 bits per heavy atom. The van der Waals surface area contributed by atoms with Crippen LogP contribution in [-0.2, 0) is 0 Å². The number of rotatable bonds is 4. The summed E-state index contributed by atoms with van der Waals surface area (Å²) in [4.78, 5) is 5.45. The second-order valence-corrected chi connectivity index (χ2v) is 8.75. The third kappa shape index (κ3) is 5.25. The minimum absolute atomic E-state index is 0.532. The van der Waals surface area contributed by atoms with Crippen molar-refractivity contribution in [2.75, 3.05) is 26.2 Å². The van der Waals surface area contributed by atoms with Crippen LogP contribution in [0.2, 0.25) is 0 Å². The lowest BCUT2D eigenvalue weighted by Gasteiger charge is -2.42. The molecule has 2 aliphatic rings. The molecule has 0 radical (unpaired) electrons. The Balaban J connectivity index is 1.81. The molecular weight excluding hydrogens is 256 g/mol. The minimum atomic E-state index is 0.532. The monoisotopic (exact) mass is 294 g/mol. The lowest BCUT2D eigenvalue weighted by molar-refractivity contribution is 0.0727. The maximum atomic E-state index is 2.77. The molecule has 0 amide bonds. The Morgan fingerprint density at radius 1 is 0.952 bits per heavy atom. The number of hydrogen-bond acceptors (Lipinski definition) is 2. The molecule has 2 fully saturated rings. The first-order chi connectivity index (χ1) is 9.87. The predicted molar refractivity (Wildman–Crippen MR) is 92.7 cm³/mol. The van der Waals surface area contributed by atoms with Gasteiger partial charge in [0.2, 0.25) is 0 Å². The third-order valence-corrected chi connectivity index (χ3v) is 5.84. The molecule has 2 heteroatoms. The normalized spacial score (nSPS) is 30.3. The molecule has 2 aliphatic heterocycles. The van der Waals surface area contributed by atoms with Gasteiger partial charge in [0.1, 0.15) is 0 Å². The lowest BCUT2D eigenvalue weighted by Crippen LogP contribution is -2.45. The highest BCUT2D eigenvalue weighted by molar-refractivity contribution is 4.84. The topological polar surface area (TPSA) is 6.48 Å². The van der Waals surface area contributed by atoms with Crippen molar-refractivity contribution >= 4 is 0 Å². The molecule has 0 saturated carbocycles. The van der Waals surface area contributed by atoms with E-state index in [1.54, 1.807) is 0 Å². The van der Waals surface area contributed by atoms with Crippen LogP contribution < -0.4 is 0 Å². The van der Waals surface area contributed by atoms with E-state index >= 15 is 0 Å². The highest BCUT2D eigenvalue weighted by Crippen LogP contribution is 2.32. The van der Waals surface area contributed by atoms with Crippen LogP contribution in [0.1, 0.15) is 73.1 Å². The molecule has 0 aromatic carbocycles. The zero-order valence-electron chi connectivity index (χ0n) is 15.2. The van der Waals surface area contributed by atoms with Crippen molar-refractivity contribution < 1.29 is 0 Å². The summed E-state index contributed by atoms with van der Waals surface area (Å²) in [5.74, 6) is 0.953. The van der Waals surface area contributed by atoms with Gasteiger partial charge in [-0.25, -0.2) is 0 Å². The van der Waals surface area contributed by atoms with E-state index in [0.29, 0.717) is 5.41 Å². The van der Waals surface area contributed by atoms with E-state index in [1.165, 1.54) is 64.7 Å². The third-order valence-electron chi connectivity index (χ3n) is 5.84. The molecule has 0 aliphatic carbocycles. The van der Waals surface area contributed by atoms with E-state index in [9.17, 15) is 0 Å². The Hall–Kier alpha value is -0.0800. The molecule has 2 saturated heterocycles. The van der Waals surface area contributed by atoms with Crippen LogP contribution in [0.3, 0.4) is 0 Å². The summed E-state index contributed by atoms with van der Waals surface area (Å²) in [6, 6.07) is 1.50. The Bertz CT molecular complexity index is 311. The van der Waals surface area contributed by atoms with Crippen molar-refractivity contribution in [1.29, 1.82) is 0 Å². The minimum Gasteiger partial charge on any atom is -0.301 e. The van der Waals surface area contributed by atoms with Crippen molar-refractivity contribution in [3.63, 3.8) is 0 Å². The van der Waals surface area contributed by atoms with E-state index in [2.05, 4.69) is 44.4 Å². The number of piperidine rings is 1. The molecule has 2 atom stereocenters. The molecule has 0 bridgehead atoms. The predicted octanol–water partition coefficient (Wildman–Crippen LogP) is 4.40. The van der Waals surface area contributed by atoms with Crippen LogP contribution in [0.15, 0.2) is 0 Å². The molecule has 2 nitrogen and oxygen atoms in total. The van der Waals surface area contributed by atoms with Crippen LogP contribution in [0.25, 0.3) is 0 Å². The van der Waals surface area contributed by atoms with Crippen LogP contribution in [0.5, 0.6) is 0 Å². The van der Waals surface area contributed by atoms with Gasteiger partial charge in [-0.3, -0.25) is 0 Å². The van der Waals surface area contributed by atoms with Gasteiger partial charge in [-0.05, 0) is 90.3 Å². The summed E-state index contributed by atoms with van der Waals surface area (Å²) in [6.45, 7) is 17.3. The summed E-state index contributed by atoms with van der Waals surface area (Å²) in [5, 5.41) is 0. The fraction of sp³-hybridized carbons (Fsp3) is 1.00. The highest BCUT2D eigenvalue weighted by atomic mass is 15.2. The van der Waals surface area contributed by atoms with Crippen molar-refractivity contribution in [1.82, 2.24) is 9.80 Å². The van der Waals surface area contributed by atoms with Gasteiger partial charge in [0.05, 0.1) is 0 Å². The summed E-state index contributed by atoms with van der Waals surface area (Å²) < 4.78 is 0. The maximum absolute atomic E-state index is 2.77. The van der Waals surface area contributed by atoms with Gasteiger partial charge >= 0.3 is 0 Å². The molecule has 21 heavy (non-hydrogen) atoms. The van der Waals surface area contributed by atoms with Gasteiger partial charge in [-0.15, -0.1) is 0 Å². The summed E-state index contributed by atoms with van der Waals surface area (Å²) in [5.41, 5.74) is 0.532. The summed E-state index contributed by atoms with van der Waals surface area (Å²) >= 11 is 0. The van der Waals surface area contributed by atoms with E-state index in [1.807, 2.05) is 0 Å². The summed E-state index contributed by atoms with van der Waals surface area (Å²) in [6.07, 6.45) is 8.49. The van der Waals surface area contributed by atoms with Gasteiger partial charge < -0.3 is 9.80 Å². The lowest BCUT2D eigenvalue weighted by atomic mass is 9.82. The smallest absolute Gasteiger partial charge is 0.00698 e. The van der Waals surface area contributed by atoms with E-state index in [0.717, 1.165) is 18.0 Å². The first-order valence-corrected chi connectivity index (χ1v) is 9.35. The van der Waals surface area contributed by atoms with Crippen LogP contribution >= 0.6 is 0 Å². The molecule has 2 unspecified atom stereocenters. The van der Waals surface area contributed by atoms with Gasteiger partial charge in [0.25, 0.3) is 0 Å². The Kier molecular flexibility index (Phi) is 6.14. The summed E-state index contributed by atoms with van der Waals surface area (Å²) in [7, 11) is 0. The van der Waals surface area contributed by atoms with Gasteiger partial charge in [0.15, 0.2) is 0 Å². The molecule has 0 aromatic heterocycles. The molecule has 124 valence electrons. The number of nitrogens with zero attached hydrogens (tertiary/aromatic N) is 2. The zero-order chi connectivity index (χ0) is 15.5. The van der Waals surface area contributed by atoms with Crippen LogP contribution in [0.4, 0.5) is 0 Å². The zero-order valence-corrected chi connectivity index (χ0v) is 15.2. The standard InChI is InChI=1S/C19H38N2/c1-16(2)20-11-6-8-18(9-13-20)14-17(3)21-12-7-10-19(4,5)15-21/h16-18H,6-15H2,1-5H3.